The number of aromatic nitrogens is 4. The number of hydrogen-bond donors (Lipinski definition) is 2. The molecule has 2 N–H and O–H groups in total. The number of anilines is 1. The van der Waals surface area contributed by atoms with Gasteiger partial charge in [0.05, 0.1) is 12.9 Å². The number of aliphatic hydroxyl groups excluding tert-OH is 1. The van der Waals surface area contributed by atoms with E-state index in [0.717, 1.165) is 10.4 Å². The summed E-state index contributed by atoms with van der Waals surface area (Å²) in [6, 6.07) is 20.1. The van der Waals surface area contributed by atoms with Crippen LogP contribution >= 0.6 is 0 Å². The summed E-state index contributed by atoms with van der Waals surface area (Å²) in [5.74, 6) is 0.238. The summed E-state index contributed by atoms with van der Waals surface area (Å²) >= 11 is 0. The second kappa shape index (κ2) is 16.3. The zero-order chi connectivity index (χ0) is 41.7. The third kappa shape index (κ3) is 7.63. The van der Waals surface area contributed by atoms with Gasteiger partial charge in [0.25, 0.3) is 0 Å². The number of benzene rings is 2. The van der Waals surface area contributed by atoms with Gasteiger partial charge < -0.3 is 32.1 Å². The van der Waals surface area contributed by atoms with Gasteiger partial charge in [-0.3, -0.25) is 9.88 Å². The predicted octanol–water partition coefficient (Wildman–Crippen LogP) is 7.07. The van der Waals surface area contributed by atoms with Crippen molar-refractivity contribution in [3.63, 3.8) is 0 Å². The Balaban J connectivity index is 1.51. The summed E-state index contributed by atoms with van der Waals surface area (Å²) in [5.41, 5.74) is 1.14. The number of carbonyl (C=O) groups excluding carboxylic acids is 1. The zero-order valence-electron chi connectivity index (χ0n) is 35.8. The van der Waals surface area contributed by atoms with Crippen molar-refractivity contribution >= 4 is 59.0 Å². The van der Waals surface area contributed by atoms with Crippen LogP contribution in [0.4, 0.5) is 10.7 Å². The summed E-state index contributed by atoms with van der Waals surface area (Å²) in [7, 11) is -5.83. The molecule has 2 saturated heterocycles. The number of amides is 2. The molecular weight excluding hydrogens is 773 g/mol. The highest BCUT2D eigenvalue weighted by molar-refractivity contribution is 7.00. The average Bonchev–Trinajstić information content (AvgIpc) is 3.69. The van der Waals surface area contributed by atoms with Crippen molar-refractivity contribution < 1.29 is 32.0 Å². The number of ether oxygens (including phenoxy) is 1. The molecule has 13 nitrogen and oxygen atoms in total. The van der Waals surface area contributed by atoms with Gasteiger partial charge in [-0.15, -0.1) is 0 Å². The maximum Gasteiger partial charge on any atom is 0.335 e. The average molecular weight is 835 g/mol. The van der Waals surface area contributed by atoms with E-state index in [-0.39, 0.29) is 40.6 Å². The van der Waals surface area contributed by atoms with Crippen molar-refractivity contribution in [1.82, 2.24) is 24.4 Å². The molecule has 310 valence electrons. The lowest BCUT2D eigenvalue weighted by atomic mass is 10.1. The van der Waals surface area contributed by atoms with Gasteiger partial charge in [0.2, 0.25) is 11.8 Å². The number of carbonyl (C=O) groups is 1. The highest BCUT2D eigenvalue weighted by atomic mass is 28.5. The van der Waals surface area contributed by atoms with E-state index >= 15 is 0 Å². The quantitative estimate of drug-likeness (QED) is 0.159. The van der Waals surface area contributed by atoms with E-state index in [9.17, 15) is 9.90 Å². The smallest absolute Gasteiger partial charge is 0.335 e. The fourth-order valence-corrected chi connectivity index (χ4v) is 24.1. The molecule has 2 aromatic heterocycles. The molecule has 0 unspecified atom stereocenters. The molecule has 16 heteroatoms. The van der Waals surface area contributed by atoms with Gasteiger partial charge in [-0.25, -0.2) is 9.78 Å². The third-order valence-electron chi connectivity index (χ3n) is 11.6. The number of imidazole rings is 1. The van der Waals surface area contributed by atoms with Gasteiger partial charge >= 0.3 is 31.5 Å². The summed E-state index contributed by atoms with van der Waals surface area (Å²) in [6.07, 6.45) is -1.83. The number of nitrogens with zero attached hydrogens (tertiary/aromatic N) is 5. The van der Waals surface area contributed by atoms with Crippen molar-refractivity contribution in [2.75, 3.05) is 26.0 Å². The summed E-state index contributed by atoms with van der Waals surface area (Å²) in [4.78, 5) is 29.1. The molecule has 0 aliphatic carbocycles. The van der Waals surface area contributed by atoms with Gasteiger partial charge in [-0.2, -0.15) is 9.97 Å². The molecule has 2 aromatic carbocycles. The molecule has 2 aliphatic heterocycles. The van der Waals surface area contributed by atoms with E-state index in [2.05, 4.69) is 106 Å². The number of nitrogens with one attached hydrogen (secondary N) is 1. The molecule has 2 amide bonds. The van der Waals surface area contributed by atoms with Crippen LogP contribution in [0.3, 0.4) is 0 Å². The van der Waals surface area contributed by atoms with E-state index in [1.54, 1.807) is 25.0 Å². The van der Waals surface area contributed by atoms with Crippen molar-refractivity contribution in [2.45, 2.75) is 128 Å². The number of fused-ring (bicyclic) bond motifs is 2. The molecule has 2 fully saturated rings. The molecule has 6 rings (SSSR count). The monoisotopic (exact) mass is 834 g/mol. The normalized spacial score (nSPS) is 22.5. The maximum absolute atomic E-state index is 13.1. The van der Waals surface area contributed by atoms with Crippen LogP contribution < -0.4 is 20.1 Å². The minimum atomic E-state index is -3.22. The molecule has 4 heterocycles. The van der Waals surface area contributed by atoms with Gasteiger partial charge in [0, 0.05) is 14.1 Å². The Bertz CT molecular complexity index is 1950. The Labute approximate surface area is 341 Å². The SMILES string of the molecule is CC(C)[Si]1(C(C)C)OC[C@H]2O[C@@H](n3cnc4c(O[Si](c5ccccc5)(c5ccccc5)C(C)(C)C)nc(NC(=O)N(C)C)nc43)[C@H](O)[C@@H]2O[Si](C(C)C)(C(C)C)O1. The molecular formula is C41H62N6O7Si3. The van der Waals surface area contributed by atoms with E-state index in [4.69, 9.17) is 37.1 Å². The lowest BCUT2D eigenvalue weighted by Crippen LogP contribution is -2.69. The second-order valence-corrected chi connectivity index (χ2v) is 30.9. The van der Waals surface area contributed by atoms with E-state index in [1.807, 2.05) is 36.4 Å². The lowest BCUT2D eigenvalue weighted by molar-refractivity contribution is -0.0570. The van der Waals surface area contributed by atoms with E-state index in [0.29, 0.717) is 11.2 Å². The van der Waals surface area contributed by atoms with Crippen molar-refractivity contribution in [2.24, 2.45) is 0 Å². The first-order chi connectivity index (χ1) is 26.8. The minimum absolute atomic E-state index is 0.0260. The summed E-state index contributed by atoms with van der Waals surface area (Å²) in [5, 5.41) is 16.8. The van der Waals surface area contributed by atoms with Gasteiger partial charge in [0.1, 0.15) is 18.3 Å². The fraction of sp³-hybridized carbons (Fsp3) is 0.561. The maximum atomic E-state index is 13.1. The van der Waals surface area contributed by atoms with Gasteiger partial charge in [0.15, 0.2) is 17.4 Å². The molecule has 0 spiro atoms. The van der Waals surface area contributed by atoms with Crippen LogP contribution in [0.2, 0.25) is 27.2 Å². The lowest BCUT2D eigenvalue weighted by Gasteiger charge is -2.51. The fourth-order valence-electron chi connectivity index (χ4n) is 8.57. The summed E-state index contributed by atoms with van der Waals surface area (Å²) in [6.45, 7) is 24.1. The Hall–Kier alpha value is -3.49. The Morgan fingerprint density at radius 2 is 1.44 bits per heavy atom. The van der Waals surface area contributed by atoms with Crippen LogP contribution in [0.5, 0.6) is 5.88 Å². The van der Waals surface area contributed by atoms with E-state index < -0.39 is 61.0 Å². The van der Waals surface area contributed by atoms with Crippen LogP contribution in [-0.4, -0.2) is 100 Å². The van der Waals surface area contributed by atoms with Crippen LogP contribution in [0, 0.1) is 0 Å². The number of aliphatic hydroxyl groups is 1. The molecule has 0 bridgehead atoms. The van der Waals surface area contributed by atoms with Crippen LogP contribution in [0.1, 0.15) is 82.4 Å². The standard InChI is InChI=1S/C41H62N6O7Si3/c1-26(2)56(27(3)4)50-24-32-35(52-57(54-56,28(5)6)29(7)8)34(48)38(51-32)47-25-42-33-36(47)43-39(45-40(49)46(12)13)44-37(33)53-55(41(9,10)11,30-20-16-14-17-21-30)31-22-18-15-19-23-31/h14-23,25-29,32,34-35,38,48H,24H2,1-13H3,(H,43,44,45,49)/t32-,34-,35-,38-/m1/s1. The van der Waals surface area contributed by atoms with E-state index in [1.165, 1.54) is 4.90 Å². The van der Waals surface area contributed by atoms with Crippen molar-refractivity contribution in [1.29, 1.82) is 0 Å². The van der Waals surface area contributed by atoms with Crippen LogP contribution in [-0.2, 0) is 17.7 Å². The van der Waals surface area contributed by atoms with Gasteiger partial charge in [-0.1, -0.05) is 137 Å². The Morgan fingerprint density at radius 1 is 0.895 bits per heavy atom. The third-order valence-corrected chi connectivity index (χ3v) is 26.7. The number of rotatable bonds is 10. The molecule has 57 heavy (non-hydrogen) atoms. The largest absolute Gasteiger partial charge is 0.519 e. The first-order valence-electron chi connectivity index (χ1n) is 20.2. The molecule has 0 saturated carbocycles. The Morgan fingerprint density at radius 3 is 1.93 bits per heavy atom. The van der Waals surface area contributed by atoms with Crippen molar-refractivity contribution in [3.05, 3.63) is 67.0 Å². The zero-order valence-corrected chi connectivity index (χ0v) is 38.8. The predicted molar refractivity (Wildman–Crippen MR) is 230 cm³/mol. The number of urea groups is 1. The molecule has 2 aliphatic rings. The second-order valence-electron chi connectivity index (χ2n) is 17.9. The topological polar surface area (TPSA) is 142 Å². The Kier molecular flexibility index (Phi) is 12.3. The molecule has 4 aromatic rings. The highest BCUT2D eigenvalue weighted by Gasteiger charge is 2.62. The summed E-state index contributed by atoms with van der Waals surface area (Å²) < 4.78 is 37.4. The molecule has 4 atom stereocenters. The minimum Gasteiger partial charge on any atom is -0.519 e. The molecule has 0 radical (unpaired) electrons. The highest BCUT2D eigenvalue weighted by Crippen LogP contribution is 2.49. The van der Waals surface area contributed by atoms with Crippen molar-refractivity contribution in [3.8, 4) is 5.88 Å². The van der Waals surface area contributed by atoms with Crippen LogP contribution in [0.15, 0.2) is 67.0 Å². The number of hydrogen-bond acceptors (Lipinski definition) is 10. The first-order valence-corrected chi connectivity index (χ1v) is 26.0. The van der Waals surface area contributed by atoms with Gasteiger partial charge in [-0.05, 0) is 37.6 Å². The first kappa shape index (κ1) is 43.1. The van der Waals surface area contributed by atoms with Crippen LogP contribution in [0.25, 0.3) is 11.2 Å².